The smallest absolute Gasteiger partial charge is 0.321 e. The number of nitrogens with zero attached hydrogens (tertiary/aromatic N) is 4. The van der Waals surface area contributed by atoms with Crippen LogP contribution in [0.2, 0.25) is 5.02 Å². The number of halogens is 6. The van der Waals surface area contributed by atoms with E-state index >= 15 is 0 Å². The highest BCUT2D eigenvalue weighted by Crippen LogP contribution is 2.55. The van der Waals surface area contributed by atoms with E-state index < -0.39 is 29.7 Å². The predicted octanol–water partition coefficient (Wildman–Crippen LogP) is 5.94. The minimum absolute atomic E-state index is 0.108. The van der Waals surface area contributed by atoms with E-state index in [2.05, 4.69) is 20.5 Å². The molecule has 6 nitrogen and oxygen atoms in total. The Balaban J connectivity index is 1.67. The fraction of sp³-hybridized carbons (Fsp3) is 0.182. The third-order valence-corrected chi connectivity index (χ3v) is 6.04. The van der Waals surface area contributed by atoms with Crippen LogP contribution in [-0.2, 0) is 4.79 Å². The van der Waals surface area contributed by atoms with Gasteiger partial charge in [0.05, 0.1) is 34.7 Å². The number of benzene rings is 1. The molecular formula is C22H15Cl2F4N5O. The number of carbonyl (C=O) groups is 1. The summed E-state index contributed by atoms with van der Waals surface area (Å²) < 4.78 is 55.9. The number of anilines is 1. The molecule has 12 heteroatoms. The molecule has 1 aliphatic rings. The summed E-state index contributed by atoms with van der Waals surface area (Å²) in [6.45, 7) is 0.975. The van der Waals surface area contributed by atoms with Crippen molar-refractivity contribution in [2.45, 2.75) is 19.5 Å². The van der Waals surface area contributed by atoms with Crippen LogP contribution in [0.4, 0.5) is 23.2 Å². The summed E-state index contributed by atoms with van der Waals surface area (Å²) in [5.41, 5.74) is -2.58. The van der Waals surface area contributed by atoms with Crippen molar-refractivity contribution in [3.8, 4) is 5.82 Å². The standard InChI is InChI=1S/C22H15Cl2F4N5O/c1-21(22(26,27)28)10-15(17(23)9-16(21)12-2-4-13(25)5-3-12)20(34)32-14-8-18(24)19(29-11-14)33-30-6-7-31-33/h2-9,11H,10H2,1H3,(H,32,34). The van der Waals surface area contributed by atoms with Gasteiger partial charge in [-0.25, -0.2) is 9.37 Å². The SMILES string of the molecule is CC1(C(F)(F)F)CC(C(=O)Nc2cnc(-n3nccn3)c(Cl)c2)=C(Cl)C=C1c1ccc(F)cc1. The van der Waals surface area contributed by atoms with E-state index in [9.17, 15) is 22.4 Å². The van der Waals surface area contributed by atoms with Gasteiger partial charge in [0.2, 0.25) is 0 Å². The Morgan fingerprint density at radius 1 is 1.15 bits per heavy atom. The van der Waals surface area contributed by atoms with Crippen molar-refractivity contribution in [1.29, 1.82) is 0 Å². The molecule has 1 aliphatic carbocycles. The Bertz CT molecular complexity index is 1300. The number of nitrogens with one attached hydrogen (secondary N) is 1. The first-order valence-electron chi connectivity index (χ1n) is 9.77. The Hall–Kier alpha value is -3.24. The lowest BCUT2D eigenvalue weighted by molar-refractivity contribution is -0.195. The van der Waals surface area contributed by atoms with Crippen molar-refractivity contribution in [2.75, 3.05) is 5.32 Å². The van der Waals surface area contributed by atoms with Crippen LogP contribution in [0, 0.1) is 11.2 Å². The van der Waals surface area contributed by atoms with Crippen LogP contribution >= 0.6 is 23.2 Å². The maximum Gasteiger partial charge on any atom is 0.398 e. The van der Waals surface area contributed by atoms with Gasteiger partial charge >= 0.3 is 6.18 Å². The van der Waals surface area contributed by atoms with Crippen molar-refractivity contribution in [3.63, 3.8) is 0 Å². The average Bonchev–Trinajstić information content (AvgIpc) is 3.29. The minimum atomic E-state index is -4.72. The van der Waals surface area contributed by atoms with Crippen LogP contribution in [-0.4, -0.2) is 32.1 Å². The number of rotatable bonds is 4. The lowest BCUT2D eigenvalue weighted by Crippen LogP contribution is -2.39. The summed E-state index contributed by atoms with van der Waals surface area (Å²) in [7, 11) is 0. The number of pyridine rings is 1. The van der Waals surface area contributed by atoms with Gasteiger partial charge in [0.1, 0.15) is 5.82 Å². The van der Waals surface area contributed by atoms with Crippen molar-refractivity contribution >= 4 is 40.4 Å². The second-order valence-corrected chi connectivity index (χ2v) is 8.51. The lowest BCUT2D eigenvalue weighted by Gasteiger charge is -2.38. The van der Waals surface area contributed by atoms with Gasteiger partial charge in [-0.3, -0.25) is 4.79 Å². The monoisotopic (exact) mass is 511 g/mol. The van der Waals surface area contributed by atoms with Crippen LogP contribution in [0.3, 0.4) is 0 Å². The number of carbonyl (C=O) groups excluding carboxylic acids is 1. The van der Waals surface area contributed by atoms with E-state index in [1.165, 1.54) is 41.6 Å². The van der Waals surface area contributed by atoms with Crippen LogP contribution in [0.15, 0.2) is 65.6 Å². The number of aromatic nitrogens is 4. The molecule has 1 N–H and O–H groups in total. The predicted molar refractivity (Wildman–Crippen MR) is 119 cm³/mol. The molecule has 0 saturated carbocycles. The van der Waals surface area contributed by atoms with Crippen LogP contribution in [0.5, 0.6) is 0 Å². The van der Waals surface area contributed by atoms with Crippen molar-refractivity contribution in [3.05, 3.63) is 82.0 Å². The Kier molecular flexibility index (Phi) is 6.22. The summed E-state index contributed by atoms with van der Waals surface area (Å²) in [5.74, 6) is -1.22. The van der Waals surface area contributed by atoms with Crippen LogP contribution in [0.1, 0.15) is 18.9 Å². The molecule has 0 spiro atoms. The molecule has 0 radical (unpaired) electrons. The van der Waals surface area contributed by atoms with E-state index in [1.54, 1.807) is 0 Å². The highest BCUT2D eigenvalue weighted by molar-refractivity contribution is 6.35. The maximum atomic E-state index is 14.2. The van der Waals surface area contributed by atoms with Gasteiger partial charge in [0.15, 0.2) is 5.82 Å². The van der Waals surface area contributed by atoms with Crippen LogP contribution in [0.25, 0.3) is 11.4 Å². The number of alkyl halides is 3. The van der Waals surface area contributed by atoms with Crippen molar-refractivity contribution in [1.82, 2.24) is 20.0 Å². The van der Waals surface area contributed by atoms with Gasteiger partial charge < -0.3 is 5.32 Å². The van der Waals surface area contributed by atoms with Crippen LogP contribution < -0.4 is 5.32 Å². The zero-order valence-corrected chi connectivity index (χ0v) is 18.9. The Labute approximate surface area is 200 Å². The second-order valence-electron chi connectivity index (χ2n) is 7.70. The molecule has 0 bridgehead atoms. The zero-order chi connectivity index (χ0) is 24.7. The number of amides is 1. The van der Waals surface area contributed by atoms with Gasteiger partial charge in [-0.15, -0.1) is 4.80 Å². The van der Waals surface area contributed by atoms with E-state index in [0.717, 1.165) is 25.1 Å². The Morgan fingerprint density at radius 3 is 2.38 bits per heavy atom. The summed E-state index contributed by atoms with van der Waals surface area (Å²) in [4.78, 5) is 18.2. The van der Waals surface area contributed by atoms with E-state index in [1.807, 2.05) is 0 Å². The summed E-state index contributed by atoms with van der Waals surface area (Å²) in [5, 5.41) is 10.3. The van der Waals surface area contributed by atoms with E-state index in [4.69, 9.17) is 23.2 Å². The number of hydrogen-bond donors (Lipinski definition) is 1. The molecule has 2 aromatic heterocycles. The first kappa shape index (κ1) is 23.9. The summed E-state index contributed by atoms with van der Waals surface area (Å²) in [6.07, 6.45) is -0.228. The van der Waals surface area contributed by atoms with Gasteiger partial charge in [-0.05, 0) is 48.8 Å². The number of hydrogen-bond acceptors (Lipinski definition) is 4. The molecule has 1 atom stereocenters. The number of allylic oxidation sites excluding steroid dienone is 3. The molecule has 0 saturated heterocycles. The molecule has 0 aliphatic heterocycles. The van der Waals surface area contributed by atoms with Crippen molar-refractivity contribution in [2.24, 2.45) is 5.41 Å². The fourth-order valence-corrected chi connectivity index (χ4v) is 4.06. The topological polar surface area (TPSA) is 72.7 Å². The first-order chi connectivity index (χ1) is 16.0. The molecule has 2 heterocycles. The van der Waals surface area contributed by atoms with E-state index in [-0.39, 0.29) is 38.3 Å². The molecule has 4 rings (SSSR count). The summed E-state index contributed by atoms with van der Waals surface area (Å²) >= 11 is 12.4. The fourth-order valence-electron chi connectivity index (χ4n) is 3.56. The third kappa shape index (κ3) is 4.43. The lowest BCUT2D eigenvalue weighted by atomic mass is 9.70. The average molecular weight is 512 g/mol. The summed E-state index contributed by atoms with van der Waals surface area (Å²) in [6, 6.07) is 5.97. The van der Waals surface area contributed by atoms with Gasteiger partial charge in [0.25, 0.3) is 5.91 Å². The second kappa shape index (κ2) is 8.84. The van der Waals surface area contributed by atoms with Crippen molar-refractivity contribution < 1.29 is 22.4 Å². The highest BCUT2D eigenvalue weighted by Gasteiger charge is 2.55. The minimum Gasteiger partial charge on any atom is -0.321 e. The first-order valence-corrected chi connectivity index (χ1v) is 10.5. The molecular weight excluding hydrogens is 497 g/mol. The molecule has 0 fully saturated rings. The molecule has 1 amide bonds. The van der Waals surface area contributed by atoms with Gasteiger partial charge in [-0.2, -0.15) is 23.4 Å². The molecule has 1 aromatic carbocycles. The van der Waals surface area contributed by atoms with Gasteiger partial charge in [0, 0.05) is 10.6 Å². The van der Waals surface area contributed by atoms with E-state index in [0.29, 0.717) is 0 Å². The highest BCUT2D eigenvalue weighted by atomic mass is 35.5. The molecule has 1 unspecified atom stereocenters. The maximum absolute atomic E-state index is 14.2. The molecule has 3 aromatic rings. The Morgan fingerprint density at radius 2 is 1.79 bits per heavy atom. The third-order valence-electron chi connectivity index (χ3n) is 5.43. The van der Waals surface area contributed by atoms with Gasteiger partial charge in [-0.1, -0.05) is 35.3 Å². The molecule has 176 valence electrons. The molecule has 34 heavy (non-hydrogen) atoms. The quantitative estimate of drug-likeness (QED) is 0.439. The largest absolute Gasteiger partial charge is 0.398 e. The normalized spacial score (nSPS) is 18.6. The zero-order valence-electron chi connectivity index (χ0n) is 17.4.